The zero-order chi connectivity index (χ0) is 19.1. The van der Waals surface area contributed by atoms with Crippen LogP contribution in [-0.4, -0.2) is 52.3 Å². The minimum Gasteiger partial charge on any atom is -0.481 e. The first-order valence-corrected chi connectivity index (χ1v) is 8.39. The Morgan fingerprint density at radius 1 is 1.19 bits per heavy atom. The van der Waals surface area contributed by atoms with Crippen molar-refractivity contribution < 1.29 is 24.4 Å². The van der Waals surface area contributed by atoms with Gasteiger partial charge in [-0.15, -0.1) is 0 Å². The van der Waals surface area contributed by atoms with Crippen LogP contribution in [0.5, 0.6) is 0 Å². The number of nitrogens with one attached hydrogen (secondary N) is 1. The molecule has 9 nitrogen and oxygen atoms in total. The molecule has 1 heterocycles. The first-order valence-electron chi connectivity index (χ1n) is 8.39. The van der Waals surface area contributed by atoms with Gasteiger partial charge in [-0.3, -0.25) is 24.5 Å². The van der Waals surface area contributed by atoms with Gasteiger partial charge < -0.3 is 15.3 Å². The van der Waals surface area contributed by atoms with Crippen molar-refractivity contribution in [3.8, 4) is 0 Å². The topological polar surface area (TPSA) is 130 Å². The van der Waals surface area contributed by atoms with Gasteiger partial charge in [-0.25, -0.2) is 0 Å². The number of hydrogen-bond donors (Lipinski definition) is 2. The van der Waals surface area contributed by atoms with Gasteiger partial charge >= 0.3 is 5.97 Å². The SMILES string of the molecule is O=C(O)CC1CCN(C(=O)CCNC(=O)c2ccc([N+](=O)[O-])cc2)CC1. The predicted molar refractivity (Wildman–Crippen MR) is 91.6 cm³/mol. The van der Waals surface area contributed by atoms with E-state index in [1.54, 1.807) is 4.90 Å². The maximum atomic E-state index is 12.1. The number of carboxylic acids is 1. The summed E-state index contributed by atoms with van der Waals surface area (Å²) in [7, 11) is 0. The lowest BCUT2D eigenvalue weighted by molar-refractivity contribution is -0.384. The van der Waals surface area contributed by atoms with Crippen LogP contribution in [0.2, 0.25) is 0 Å². The summed E-state index contributed by atoms with van der Waals surface area (Å²) in [6, 6.07) is 5.23. The average Bonchev–Trinajstić information content (AvgIpc) is 2.61. The van der Waals surface area contributed by atoms with E-state index >= 15 is 0 Å². The summed E-state index contributed by atoms with van der Waals surface area (Å²) >= 11 is 0. The Balaban J connectivity index is 1.72. The van der Waals surface area contributed by atoms with Crippen LogP contribution in [0.15, 0.2) is 24.3 Å². The van der Waals surface area contributed by atoms with Crippen LogP contribution in [0, 0.1) is 16.0 Å². The van der Waals surface area contributed by atoms with Crippen molar-refractivity contribution in [2.75, 3.05) is 19.6 Å². The van der Waals surface area contributed by atoms with Gasteiger partial charge in [0, 0.05) is 50.2 Å². The molecule has 2 rings (SSSR count). The number of carbonyl (C=O) groups is 3. The average molecular weight is 363 g/mol. The highest BCUT2D eigenvalue weighted by Gasteiger charge is 2.24. The number of benzene rings is 1. The van der Waals surface area contributed by atoms with Crippen molar-refractivity contribution in [3.05, 3.63) is 39.9 Å². The van der Waals surface area contributed by atoms with Gasteiger partial charge in [0.25, 0.3) is 11.6 Å². The number of amides is 2. The molecule has 26 heavy (non-hydrogen) atoms. The quantitative estimate of drug-likeness (QED) is 0.557. The van der Waals surface area contributed by atoms with E-state index in [0.717, 1.165) is 0 Å². The van der Waals surface area contributed by atoms with Crippen LogP contribution in [0.25, 0.3) is 0 Å². The molecular weight excluding hydrogens is 342 g/mol. The lowest BCUT2D eigenvalue weighted by Gasteiger charge is -2.31. The molecule has 1 fully saturated rings. The van der Waals surface area contributed by atoms with E-state index in [-0.39, 0.29) is 42.5 Å². The van der Waals surface area contributed by atoms with Gasteiger partial charge in [-0.05, 0) is 30.9 Å². The summed E-state index contributed by atoms with van der Waals surface area (Å²) in [4.78, 5) is 46.6. The van der Waals surface area contributed by atoms with Gasteiger partial charge in [-0.1, -0.05) is 0 Å². The Bertz CT molecular complexity index is 680. The lowest BCUT2D eigenvalue weighted by Crippen LogP contribution is -2.40. The van der Waals surface area contributed by atoms with E-state index in [0.29, 0.717) is 25.9 Å². The number of rotatable bonds is 7. The Labute approximate surface area is 150 Å². The summed E-state index contributed by atoms with van der Waals surface area (Å²) < 4.78 is 0. The number of non-ortho nitro benzene ring substituents is 1. The van der Waals surface area contributed by atoms with Gasteiger partial charge in [0.2, 0.25) is 5.91 Å². The normalized spacial score (nSPS) is 14.7. The minimum atomic E-state index is -0.816. The molecule has 1 aliphatic rings. The number of carboxylic acid groups (broad SMARTS) is 1. The molecule has 1 aliphatic heterocycles. The van der Waals surface area contributed by atoms with Crippen LogP contribution in [-0.2, 0) is 9.59 Å². The summed E-state index contributed by atoms with van der Waals surface area (Å²) in [5.41, 5.74) is 0.195. The molecule has 0 atom stereocenters. The molecule has 0 aromatic heterocycles. The van der Waals surface area contributed by atoms with E-state index in [2.05, 4.69) is 5.32 Å². The van der Waals surface area contributed by atoms with Gasteiger partial charge in [-0.2, -0.15) is 0 Å². The second kappa shape index (κ2) is 8.93. The molecule has 9 heteroatoms. The van der Waals surface area contributed by atoms with E-state index in [1.807, 2.05) is 0 Å². The number of nitrogens with zero attached hydrogens (tertiary/aromatic N) is 2. The fourth-order valence-corrected chi connectivity index (χ4v) is 2.91. The maximum absolute atomic E-state index is 12.1. The van der Waals surface area contributed by atoms with Crippen LogP contribution < -0.4 is 5.32 Å². The van der Waals surface area contributed by atoms with Crippen molar-refractivity contribution in [2.45, 2.75) is 25.7 Å². The van der Waals surface area contributed by atoms with Crippen LogP contribution in [0.1, 0.15) is 36.0 Å². The Kier molecular flexibility index (Phi) is 6.65. The second-order valence-electron chi connectivity index (χ2n) is 6.23. The number of aliphatic carboxylic acids is 1. The molecule has 0 saturated carbocycles. The number of likely N-dealkylation sites (tertiary alicyclic amines) is 1. The number of nitro benzene ring substituents is 1. The fourth-order valence-electron chi connectivity index (χ4n) is 2.91. The molecule has 1 aromatic carbocycles. The van der Waals surface area contributed by atoms with Crippen molar-refractivity contribution in [3.63, 3.8) is 0 Å². The highest BCUT2D eigenvalue weighted by Crippen LogP contribution is 2.20. The maximum Gasteiger partial charge on any atom is 0.303 e. The van der Waals surface area contributed by atoms with Gasteiger partial charge in [0.1, 0.15) is 0 Å². The lowest BCUT2D eigenvalue weighted by atomic mass is 9.93. The largest absolute Gasteiger partial charge is 0.481 e. The van der Waals surface area contributed by atoms with Crippen LogP contribution in [0.4, 0.5) is 5.69 Å². The van der Waals surface area contributed by atoms with Crippen LogP contribution in [0.3, 0.4) is 0 Å². The third kappa shape index (κ3) is 5.54. The summed E-state index contributed by atoms with van der Waals surface area (Å²) in [6.07, 6.45) is 1.63. The van der Waals surface area contributed by atoms with Crippen molar-refractivity contribution >= 4 is 23.5 Å². The molecule has 0 spiro atoms. The predicted octanol–water partition coefficient (Wildman–Crippen LogP) is 1.43. The third-order valence-electron chi connectivity index (χ3n) is 4.40. The molecule has 0 aliphatic carbocycles. The van der Waals surface area contributed by atoms with Gasteiger partial charge in [0.05, 0.1) is 4.92 Å². The second-order valence-corrected chi connectivity index (χ2v) is 6.23. The first kappa shape index (κ1) is 19.4. The van der Waals surface area contributed by atoms with Crippen molar-refractivity contribution in [1.82, 2.24) is 10.2 Å². The molecular formula is C17H21N3O6. The standard InChI is InChI=1S/C17H21N3O6/c21-15(19-9-6-12(7-10-19)11-16(22)23)5-8-18-17(24)13-1-3-14(4-2-13)20(25)26/h1-4,12H,5-11H2,(H,18,24)(H,22,23). The molecule has 0 radical (unpaired) electrons. The summed E-state index contributed by atoms with van der Waals surface area (Å²) in [6.45, 7) is 1.24. The van der Waals surface area contributed by atoms with E-state index in [4.69, 9.17) is 5.11 Å². The Morgan fingerprint density at radius 3 is 2.35 bits per heavy atom. The number of hydrogen-bond acceptors (Lipinski definition) is 5. The van der Waals surface area contributed by atoms with E-state index in [9.17, 15) is 24.5 Å². The van der Waals surface area contributed by atoms with Gasteiger partial charge in [0.15, 0.2) is 0 Å². The number of nitro groups is 1. The highest BCUT2D eigenvalue weighted by atomic mass is 16.6. The minimum absolute atomic E-state index is 0.0808. The molecule has 2 amide bonds. The number of carbonyl (C=O) groups excluding carboxylic acids is 2. The molecule has 0 bridgehead atoms. The Morgan fingerprint density at radius 2 is 1.81 bits per heavy atom. The molecule has 1 aromatic rings. The van der Waals surface area contributed by atoms with Crippen molar-refractivity contribution in [1.29, 1.82) is 0 Å². The summed E-state index contributed by atoms with van der Waals surface area (Å²) in [5, 5.41) is 22.0. The van der Waals surface area contributed by atoms with Crippen LogP contribution >= 0.6 is 0 Å². The van der Waals surface area contributed by atoms with Crippen molar-refractivity contribution in [2.24, 2.45) is 5.92 Å². The van der Waals surface area contributed by atoms with E-state index in [1.165, 1.54) is 24.3 Å². The molecule has 1 saturated heterocycles. The Hall–Kier alpha value is -2.97. The number of piperidine rings is 1. The zero-order valence-corrected chi connectivity index (χ0v) is 14.2. The zero-order valence-electron chi connectivity index (χ0n) is 14.2. The third-order valence-corrected chi connectivity index (χ3v) is 4.40. The monoisotopic (exact) mass is 363 g/mol. The highest BCUT2D eigenvalue weighted by molar-refractivity contribution is 5.94. The molecule has 140 valence electrons. The summed E-state index contributed by atoms with van der Waals surface area (Å²) in [5.74, 6) is -1.18. The molecule has 2 N–H and O–H groups in total. The fraction of sp³-hybridized carbons (Fsp3) is 0.471. The molecule has 0 unspecified atom stereocenters. The first-order chi connectivity index (χ1) is 12.4. The van der Waals surface area contributed by atoms with E-state index < -0.39 is 16.8 Å². The smallest absolute Gasteiger partial charge is 0.303 e.